The fraction of sp³-hybridized carbons (Fsp3) is 0.533. The molecule has 0 bridgehead atoms. The van der Waals surface area contributed by atoms with Crippen molar-refractivity contribution >= 4 is 5.91 Å². The van der Waals surface area contributed by atoms with E-state index in [9.17, 15) is 4.79 Å². The Hall–Kier alpha value is -1.55. The van der Waals surface area contributed by atoms with E-state index in [4.69, 9.17) is 10.5 Å². The third kappa shape index (κ3) is 4.56. The summed E-state index contributed by atoms with van der Waals surface area (Å²) in [6.45, 7) is 8.32. The first-order chi connectivity index (χ1) is 8.95. The van der Waals surface area contributed by atoms with Crippen LogP contribution in [-0.2, 0) is 4.79 Å². The molecular formula is C15H24N2O2. The Morgan fingerprint density at radius 2 is 2.11 bits per heavy atom. The molecule has 1 aromatic rings. The van der Waals surface area contributed by atoms with Gasteiger partial charge in [-0.05, 0) is 38.8 Å². The fourth-order valence-electron chi connectivity index (χ4n) is 1.76. The fourth-order valence-corrected chi connectivity index (χ4v) is 1.76. The van der Waals surface area contributed by atoms with Crippen LogP contribution in [0.4, 0.5) is 0 Å². The molecule has 19 heavy (non-hydrogen) atoms. The van der Waals surface area contributed by atoms with Crippen molar-refractivity contribution in [2.45, 2.75) is 46.3 Å². The molecular weight excluding hydrogens is 240 g/mol. The van der Waals surface area contributed by atoms with Crippen LogP contribution in [0.3, 0.4) is 0 Å². The number of carbonyl (C=O) groups excluding carboxylic acids is 1. The van der Waals surface area contributed by atoms with Gasteiger partial charge in [0, 0.05) is 18.2 Å². The van der Waals surface area contributed by atoms with Crippen LogP contribution in [0.2, 0.25) is 0 Å². The number of aryl methyl sites for hydroxylation is 1. The van der Waals surface area contributed by atoms with E-state index in [1.54, 1.807) is 6.92 Å². The number of ether oxygens (including phenoxy) is 1. The van der Waals surface area contributed by atoms with Crippen LogP contribution in [-0.4, -0.2) is 18.6 Å². The van der Waals surface area contributed by atoms with Crippen molar-refractivity contribution in [3.05, 3.63) is 29.3 Å². The molecule has 4 heteroatoms. The molecule has 2 atom stereocenters. The van der Waals surface area contributed by atoms with Crippen LogP contribution in [0.1, 0.15) is 44.4 Å². The molecule has 0 radical (unpaired) electrons. The summed E-state index contributed by atoms with van der Waals surface area (Å²) < 4.78 is 5.75. The monoisotopic (exact) mass is 264 g/mol. The molecule has 0 saturated carbocycles. The average molecular weight is 264 g/mol. The van der Waals surface area contributed by atoms with Gasteiger partial charge >= 0.3 is 0 Å². The molecule has 0 aliphatic rings. The molecule has 0 aliphatic heterocycles. The minimum atomic E-state index is -0.522. The van der Waals surface area contributed by atoms with Gasteiger partial charge in [0.2, 0.25) is 0 Å². The Morgan fingerprint density at radius 1 is 1.42 bits per heavy atom. The van der Waals surface area contributed by atoms with Crippen molar-refractivity contribution in [1.29, 1.82) is 0 Å². The normalized spacial score (nSPS) is 13.7. The van der Waals surface area contributed by atoms with E-state index >= 15 is 0 Å². The molecule has 0 aliphatic carbocycles. The minimum absolute atomic E-state index is 0.0982. The number of nitrogens with one attached hydrogen (secondary N) is 1. The first-order valence-electron chi connectivity index (χ1n) is 6.76. The molecule has 3 N–H and O–H groups in total. The van der Waals surface area contributed by atoms with E-state index in [-0.39, 0.29) is 11.9 Å². The number of nitrogens with two attached hydrogens (primary N) is 1. The van der Waals surface area contributed by atoms with Crippen molar-refractivity contribution in [2.24, 2.45) is 5.73 Å². The van der Waals surface area contributed by atoms with Crippen molar-refractivity contribution in [1.82, 2.24) is 5.32 Å². The van der Waals surface area contributed by atoms with E-state index in [0.29, 0.717) is 12.3 Å². The van der Waals surface area contributed by atoms with Gasteiger partial charge in [-0.15, -0.1) is 0 Å². The highest BCUT2D eigenvalue weighted by molar-refractivity contribution is 5.80. The Balaban J connectivity index is 2.80. The lowest BCUT2D eigenvalue weighted by molar-refractivity contribution is -0.127. The summed E-state index contributed by atoms with van der Waals surface area (Å²) in [5.41, 5.74) is 7.92. The van der Waals surface area contributed by atoms with Crippen LogP contribution >= 0.6 is 0 Å². The molecule has 0 saturated heterocycles. The molecule has 106 valence electrons. The van der Waals surface area contributed by atoms with E-state index in [1.165, 1.54) is 0 Å². The van der Waals surface area contributed by atoms with Crippen LogP contribution < -0.4 is 15.8 Å². The van der Waals surface area contributed by atoms with Gasteiger partial charge in [0.25, 0.3) is 5.91 Å². The van der Waals surface area contributed by atoms with Crippen molar-refractivity contribution in [2.75, 3.05) is 6.54 Å². The van der Waals surface area contributed by atoms with Crippen LogP contribution in [0.5, 0.6) is 5.75 Å². The van der Waals surface area contributed by atoms with E-state index in [1.807, 2.05) is 39.0 Å². The summed E-state index contributed by atoms with van der Waals surface area (Å²) in [6, 6.07) is 5.74. The second-order valence-electron chi connectivity index (χ2n) is 4.88. The summed E-state index contributed by atoms with van der Waals surface area (Å²) in [5.74, 6) is 0.591. The largest absolute Gasteiger partial charge is 0.481 e. The van der Waals surface area contributed by atoms with Gasteiger partial charge in [0.1, 0.15) is 5.75 Å². The molecule has 0 fully saturated rings. The molecule has 0 aromatic heterocycles. The zero-order valence-electron chi connectivity index (χ0n) is 12.2. The topological polar surface area (TPSA) is 64.3 Å². The van der Waals surface area contributed by atoms with Gasteiger partial charge < -0.3 is 15.8 Å². The molecule has 0 spiro atoms. The maximum atomic E-state index is 11.8. The predicted molar refractivity (Wildman–Crippen MR) is 77.2 cm³/mol. The van der Waals surface area contributed by atoms with Gasteiger partial charge in [-0.25, -0.2) is 0 Å². The third-order valence-electron chi connectivity index (χ3n) is 2.88. The summed E-state index contributed by atoms with van der Waals surface area (Å²) in [4.78, 5) is 11.8. The number of amides is 1. The highest BCUT2D eigenvalue weighted by Crippen LogP contribution is 2.26. The van der Waals surface area contributed by atoms with Gasteiger partial charge in [-0.2, -0.15) is 0 Å². The molecule has 4 nitrogen and oxygen atoms in total. The highest BCUT2D eigenvalue weighted by atomic mass is 16.5. The number of rotatable bonds is 6. The lowest BCUT2D eigenvalue weighted by Crippen LogP contribution is -2.36. The number of benzene rings is 1. The van der Waals surface area contributed by atoms with E-state index < -0.39 is 6.10 Å². The first kappa shape index (κ1) is 15.5. The zero-order valence-corrected chi connectivity index (χ0v) is 12.2. The standard InChI is InChI=1S/C15H24N2O2/c1-5-8-17-15(18)12(4)19-14-9-10(2)6-7-13(14)11(3)16/h6-7,9,11-12H,5,8,16H2,1-4H3,(H,17,18)/t11-,12?/m0/s1. The maximum Gasteiger partial charge on any atom is 0.260 e. The van der Waals surface area contributed by atoms with Crippen molar-refractivity contribution < 1.29 is 9.53 Å². The van der Waals surface area contributed by atoms with Crippen LogP contribution in [0.15, 0.2) is 18.2 Å². The van der Waals surface area contributed by atoms with Crippen LogP contribution in [0.25, 0.3) is 0 Å². The van der Waals surface area contributed by atoms with Crippen LogP contribution in [0, 0.1) is 6.92 Å². The quantitative estimate of drug-likeness (QED) is 0.828. The second-order valence-corrected chi connectivity index (χ2v) is 4.88. The summed E-state index contributed by atoms with van der Waals surface area (Å²) in [7, 11) is 0. The average Bonchev–Trinajstić information content (AvgIpc) is 2.35. The number of carbonyl (C=O) groups is 1. The van der Waals surface area contributed by atoms with E-state index in [0.717, 1.165) is 17.5 Å². The van der Waals surface area contributed by atoms with E-state index in [2.05, 4.69) is 5.32 Å². The summed E-state index contributed by atoms with van der Waals surface area (Å²) in [5, 5.41) is 2.82. The molecule has 0 heterocycles. The van der Waals surface area contributed by atoms with Gasteiger partial charge in [0.05, 0.1) is 0 Å². The predicted octanol–water partition coefficient (Wildman–Crippen LogP) is 2.31. The Morgan fingerprint density at radius 3 is 2.68 bits per heavy atom. The minimum Gasteiger partial charge on any atom is -0.481 e. The maximum absolute atomic E-state index is 11.8. The lowest BCUT2D eigenvalue weighted by atomic mass is 10.1. The summed E-state index contributed by atoms with van der Waals surface area (Å²) in [6.07, 6.45) is 0.388. The summed E-state index contributed by atoms with van der Waals surface area (Å²) >= 11 is 0. The van der Waals surface area contributed by atoms with Crippen molar-refractivity contribution in [3.8, 4) is 5.75 Å². The second kappa shape index (κ2) is 7.14. The Bertz CT molecular complexity index is 430. The molecule has 1 unspecified atom stereocenters. The third-order valence-corrected chi connectivity index (χ3v) is 2.88. The molecule has 1 amide bonds. The number of hydrogen-bond acceptors (Lipinski definition) is 3. The molecule has 1 aromatic carbocycles. The SMILES string of the molecule is CCCNC(=O)C(C)Oc1cc(C)ccc1[C@H](C)N. The molecule has 1 rings (SSSR count). The van der Waals surface area contributed by atoms with Gasteiger partial charge in [-0.1, -0.05) is 19.1 Å². The van der Waals surface area contributed by atoms with Gasteiger partial charge in [0.15, 0.2) is 6.10 Å². The number of hydrogen-bond donors (Lipinski definition) is 2. The highest BCUT2D eigenvalue weighted by Gasteiger charge is 2.17. The van der Waals surface area contributed by atoms with Gasteiger partial charge in [-0.3, -0.25) is 4.79 Å². The lowest BCUT2D eigenvalue weighted by Gasteiger charge is -2.19. The Kier molecular flexibility index (Phi) is 5.83. The Labute approximate surface area is 115 Å². The zero-order chi connectivity index (χ0) is 14.4. The smallest absolute Gasteiger partial charge is 0.260 e. The first-order valence-corrected chi connectivity index (χ1v) is 6.76. The van der Waals surface area contributed by atoms with Crippen molar-refractivity contribution in [3.63, 3.8) is 0 Å².